The number of ether oxygens (including phenoxy) is 1. The van der Waals surface area contributed by atoms with Gasteiger partial charge >= 0.3 is 0 Å². The Labute approximate surface area is 232 Å². The van der Waals surface area contributed by atoms with Crippen LogP contribution in [0.3, 0.4) is 0 Å². The van der Waals surface area contributed by atoms with Crippen molar-refractivity contribution in [3.05, 3.63) is 94.5 Å². The second-order valence-electron chi connectivity index (χ2n) is 9.72. The highest BCUT2D eigenvalue weighted by Crippen LogP contribution is 2.35. The molecule has 3 heterocycles. The number of anilines is 2. The third-order valence-electron chi connectivity index (χ3n) is 6.94. The highest BCUT2D eigenvalue weighted by molar-refractivity contribution is 6.04. The molecule has 208 valence electrons. The van der Waals surface area contributed by atoms with Crippen molar-refractivity contribution in [1.82, 2.24) is 25.0 Å². The number of nitrogens with one attached hydrogen (secondary N) is 3. The first-order chi connectivity index (χ1) is 20.0. The predicted molar refractivity (Wildman–Crippen MR) is 149 cm³/mol. The van der Waals surface area contributed by atoms with E-state index in [0.29, 0.717) is 34.3 Å². The van der Waals surface area contributed by atoms with Crippen LogP contribution in [0.15, 0.2) is 71.8 Å². The Hall–Kier alpha value is -5.13. The predicted octanol–water partition coefficient (Wildman–Crippen LogP) is 5.57. The van der Waals surface area contributed by atoms with E-state index in [0.717, 1.165) is 36.4 Å². The van der Waals surface area contributed by atoms with Gasteiger partial charge in [0.15, 0.2) is 23.0 Å². The van der Waals surface area contributed by atoms with Gasteiger partial charge < -0.3 is 15.4 Å². The summed E-state index contributed by atoms with van der Waals surface area (Å²) in [5.41, 5.74) is -0.0156. The zero-order valence-corrected chi connectivity index (χ0v) is 21.7. The summed E-state index contributed by atoms with van der Waals surface area (Å²) in [6.45, 7) is 0. The van der Waals surface area contributed by atoms with E-state index >= 15 is 4.39 Å². The van der Waals surface area contributed by atoms with Crippen molar-refractivity contribution in [3.63, 3.8) is 0 Å². The molecule has 2 aromatic carbocycles. The van der Waals surface area contributed by atoms with Gasteiger partial charge in [0.1, 0.15) is 22.5 Å². The Morgan fingerprint density at radius 2 is 1.78 bits per heavy atom. The molecule has 0 aliphatic heterocycles. The van der Waals surface area contributed by atoms with Crippen LogP contribution in [0.25, 0.3) is 16.7 Å². The molecule has 10 nitrogen and oxygen atoms in total. The molecule has 41 heavy (non-hydrogen) atoms. The number of nitrogens with zero attached hydrogens (tertiary/aromatic N) is 4. The second-order valence-corrected chi connectivity index (χ2v) is 9.72. The third kappa shape index (κ3) is 5.49. The van der Waals surface area contributed by atoms with Gasteiger partial charge in [-0.1, -0.05) is 19.3 Å². The monoisotopic (exact) mass is 557 g/mol. The molecule has 3 aromatic heterocycles. The van der Waals surface area contributed by atoms with E-state index in [1.165, 1.54) is 55.1 Å². The lowest BCUT2D eigenvalue weighted by Crippen LogP contribution is -2.29. The number of hydrogen-bond donors (Lipinski definition) is 3. The number of benzene rings is 2. The van der Waals surface area contributed by atoms with Crippen molar-refractivity contribution in [2.75, 3.05) is 10.6 Å². The minimum absolute atomic E-state index is 0.0668. The van der Waals surface area contributed by atoms with Crippen LogP contribution in [0.1, 0.15) is 42.5 Å². The van der Waals surface area contributed by atoms with Gasteiger partial charge in [0.2, 0.25) is 0 Å². The van der Waals surface area contributed by atoms with Crippen molar-refractivity contribution >= 4 is 28.4 Å². The summed E-state index contributed by atoms with van der Waals surface area (Å²) < 4.78 is 35.3. The highest BCUT2D eigenvalue weighted by Gasteiger charge is 2.20. The smallest absolute Gasteiger partial charge is 0.284 e. The second kappa shape index (κ2) is 11.2. The minimum atomic E-state index is -0.756. The summed E-state index contributed by atoms with van der Waals surface area (Å²) in [6, 6.07) is 12.2. The molecule has 12 heteroatoms. The van der Waals surface area contributed by atoms with E-state index in [2.05, 4.69) is 30.9 Å². The number of H-pyrrole nitrogens is 1. The number of pyridine rings is 1. The van der Waals surface area contributed by atoms with Gasteiger partial charge in [-0.25, -0.2) is 13.8 Å². The van der Waals surface area contributed by atoms with E-state index in [1.54, 1.807) is 12.3 Å². The van der Waals surface area contributed by atoms with Crippen LogP contribution in [0.4, 0.5) is 20.3 Å². The Morgan fingerprint density at radius 1 is 0.976 bits per heavy atom. The van der Waals surface area contributed by atoms with Crippen molar-refractivity contribution in [1.29, 1.82) is 0 Å². The molecular weight excluding hydrogens is 532 g/mol. The lowest BCUT2D eigenvalue weighted by atomic mass is 9.95. The Bertz CT molecular complexity index is 1780. The van der Waals surface area contributed by atoms with Crippen molar-refractivity contribution in [2.24, 2.45) is 0 Å². The van der Waals surface area contributed by atoms with Crippen molar-refractivity contribution < 1.29 is 18.3 Å². The minimum Gasteiger partial charge on any atom is -0.453 e. The topological polar surface area (TPSA) is 127 Å². The lowest BCUT2D eigenvalue weighted by Gasteiger charge is -2.22. The van der Waals surface area contributed by atoms with Crippen LogP contribution in [-0.4, -0.2) is 36.9 Å². The highest BCUT2D eigenvalue weighted by atomic mass is 19.1. The fourth-order valence-corrected chi connectivity index (χ4v) is 4.88. The number of halogens is 2. The van der Waals surface area contributed by atoms with Gasteiger partial charge in [0.25, 0.3) is 11.5 Å². The molecule has 1 saturated carbocycles. The summed E-state index contributed by atoms with van der Waals surface area (Å²) in [7, 11) is 0. The zero-order valence-electron chi connectivity index (χ0n) is 21.7. The van der Waals surface area contributed by atoms with E-state index in [1.807, 2.05) is 0 Å². The number of hydrogen-bond acceptors (Lipinski definition) is 7. The number of amides is 1. The molecule has 6 rings (SSSR count). The number of fused-ring (bicyclic) bond motifs is 1. The SMILES string of the molecule is O=C(Nc1ccc(Oc2ccnc3[nH]nc(NC4CCCCC4)c23)c(F)c1)c1ccnn(-c2ccc(F)cc2)c1=O. The third-order valence-corrected chi connectivity index (χ3v) is 6.94. The van der Waals surface area contributed by atoms with Gasteiger partial charge in [-0.15, -0.1) is 0 Å². The van der Waals surface area contributed by atoms with Crippen LogP contribution in [0.2, 0.25) is 0 Å². The van der Waals surface area contributed by atoms with Crippen LogP contribution in [-0.2, 0) is 0 Å². The van der Waals surface area contributed by atoms with E-state index in [9.17, 15) is 14.0 Å². The van der Waals surface area contributed by atoms with Gasteiger partial charge in [0.05, 0.1) is 5.69 Å². The zero-order chi connectivity index (χ0) is 28.3. The normalized spacial score (nSPS) is 13.7. The number of aromatic amines is 1. The maximum Gasteiger partial charge on any atom is 0.284 e. The van der Waals surface area contributed by atoms with Crippen molar-refractivity contribution in [2.45, 2.75) is 38.1 Å². The fraction of sp³-hybridized carbons (Fsp3) is 0.207. The average Bonchev–Trinajstić information content (AvgIpc) is 3.39. The van der Waals surface area contributed by atoms with Crippen LogP contribution in [0.5, 0.6) is 11.5 Å². The van der Waals surface area contributed by atoms with Crippen LogP contribution in [0, 0.1) is 11.6 Å². The summed E-state index contributed by atoms with van der Waals surface area (Å²) in [5.74, 6) is -1.05. The molecule has 0 radical (unpaired) electrons. The maximum absolute atomic E-state index is 15.1. The van der Waals surface area contributed by atoms with E-state index < -0.39 is 23.1 Å². The average molecular weight is 558 g/mol. The van der Waals surface area contributed by atoms with Gasteiger partial charge in [-0.2, -0.15) is 14.9 Å². The molecule has 1 fully saturated rings. The molecule has 0 spiro atoms. The summed E-state index contributed by atoms with van der Waals surface area (Å²) >= 11 is 0. The molecule has 0 atom stereocenters. The first-order valence-electron chi connectivity index (χ1n) is 13.2. The fourth-order valence-electron chi connectivity index (χ4n) is 4.88. The number of rotatable bonds is 7. The van der Waals surface area contributed by atoms with E-state index in [4.69, 9.17) is 4.74 Å². The summed E-state index contributed by atoms with van der Waals surface area (Å²) in [4.78, 5) is 30.1. The molecule has 0 saturated heterocycles. The van der Waals surface area contributed by atoms with Gasteiger partial charge in [-0.05, 0) is 55.3 Å². The number of carbonyl (C=O) groups is 1. The van der Waals surface area contributed by atoms with Gasteiger partial charge in [-0.3, -0.25) is 14.7 Å². The molecule has 5 aromatic rings. The number of carbonyl (C=O) groups excluding carboxylic acids is 1. The van der Waals surface area contributed by atoms with Crippen LogP contribution < -0.4 is 20.9 Å². The largest absolute Gasteiger partial charge is 0.453 e. The summed E-state index contributed by atoms with van der Waals surface area (Å²) in [6.07, 6.45) is 8.45. The van der Waals surface area contributed by atoms with Crippen LogP contribution >= 0.6 is 0 Å². The standard InChI is InChI=1S/C29H25F2N7O3/c30-17-6-9-20(10-7-17)38-29(40)21(12-15-33-38)28(39)35-19-8-11-23(22(31)16-19)41-24-13-14-32-26-25(24)27(37-36-26)34-18-4-2-1-3-5-18/h6-16,18H,1-5H2,(H,35,39)(H2,32,34,36,37). The molecule has 3 N–H and O–H groups in total. The summed E-state index contributed by atoms with van der Waals surface area (Å²) in [5, 5.41) is 17.8. The number of aromatic nitrogens is 5. The molecule has 0 unspecified atom stereocenters. The molecule has 1 aliphatic rings. The van der Waals surface area contributed by atoms with Gasteiger partial charge in [0, 0.05) is 36.3 Å². The first-order valence-corrected chi connectivity index (χ1v) is 13.2. The van der Waals surface area contributed by atoms with E-state index in [-0.39, 0.29) is 17.0 Å². The molecule has 0 bridgehead atoms. The lowest BCUT2D eigenvalue weighted by molar-refractivity contribution is 0.102. The Kier molecular flexibility index (Phi) is 7.11. The Morgan fingerprint density at radius 3 is 2.56 bits per heavy atom. The maximum atomic E-state index is 15.1. The molecule has 1 amide bonds. The van der Waals surface area contributed by atoms with Crippen molar-refractivity contribution in [3.8, 4) is 17.2 Å². The molecule has 1 aliphatic carbocycles. The first kappa shape index (κ1) is 26.1. The molecular formula is C29H25F2N7O3. The Balaban J connectivity index is 1.20. The quantitative estimate of drug-likeness (QED) is 0.239.